The van der Waals surface area contributed by atoms with Gasteiger partial charge >= 0.3 is 0 Å². The average Bonchev–Trinajstić information content (AvgIpc) is 3.28. The zero-order chi connectivity index (χ0) is 23.6. The van der Waals surface area contributed by atoms with Crippen molar-refractivity contribution >= 4 is 28.0 Å². The van der Waals surface area contributed by atoms with Crippen LogP contribution in [0.2, 0.25) is 0 Å². The number of nitrogens with zero attached hydrogens (tertiary/aromatic N) is 3. The molecule has 4 rings (SSSR count). The Morgan fingerprint density at radius 3 is 2.56 bits per heavy atom. The fourth-order valence-corrected chi connectivity index (χ4v) is 5.24. The first-order valence-corrected chi connectivity index (χ1v) is 13.3. The third-order valence-electron chi connectivity index (χ3n) is 6.41. The van der Waals surface area contributed by atoms with Crippen molar-refractivity contribution < 1.29 is 14.3 Å². The molecule has 182 valence electrons. The number of piperidine rings is 1. The van der Waals surface area contributed by atoms with Crippen molar-refractivity contribution in [1.82, 2.24) is 14.8 Å². The van der Waals surface area contributed by atoms with Crippen molar-refractivity contribution in [3.63, 3.8) is 0 Å². The molecule has 7 heteroatoms. The maximum Gasteiger partial charge on any atom is 0.279 e. The van der Waals surface area contributed by atoms with Crippen molar-refractivity contribution in [3.05, 3.63) is 48.5 Å². The van der Waals surface area contributed by atoms with E-state index in [1.54, 1.807) is 11.3 Å². The van der Waals surface area contributed by atoms with Gasteiger partial charge in [-0.2, -0.15) is 0 Å². The second-order valence-electron chi connectivity index (χ2n) is 8.85. The van der Waals surface area contributed by atoms with Gasteiger partial charge in [0, 0.05) is 32.2 Å². The smallest absolute Gasteiger partial charge is 0.279 e. The highest BCUT2D eigenvalue weighted by Gasteiger charge is 2.23. The minimum Gasteiger partial charge on any atom is -0.492 e. The van der Waals surface area contributed by atoms with Crippen molar-refractivity contribution in [1.29, 1.82) is 0 Å². The van der Waals surface area contributed by atoms with E-state index in [0.717, 1.165) is 73.6 Å². The van der Waals surface area contributed by atoms with E-state index < -0.39 is 0 Å². The highest BCUT2D eigenvalue weighted by Crippen LogP contribution is 2.31. The second kappa shape index (κ2) is 12.7. The topological polar surface area (TPSA) is 54.9 Å². The number of hydrogen-bond donors (Lipinski definition) is 0. The van der Waals surface area contributed by atoms with E-state index >= 15 is 0 Å². The molecule has 0 radical (unpaired) electrons. The molecule has 0 atom stereocenters. The van der Waals surface area contributed by atoms with E-state index in [1.165, 1.54) is 19.3 Å². The summed E-state index contributed by atoms with van der Waals surface area (Å²) >= 11 is 1.54. The minimum atomic E-state index is 0.388. The van der Waals surface area contributed by atoms with Gasteiger partial charge in [0.2, 0.25) is 6.41 Å². The molecule has 1 aliphatic heterocycles. The summed E-state index contributed by atoms with van der Waals surface area (Å²) in [6.45, 7) is 6.69. The first kappa shape index (κ1) is 24.5. The van der Waals surface area contributed by atoms with Crippen LogP contribution >= 0.6 is 11.3 Å². The third-order valence-corrected chi connectivity index (χ3v) is 7.33. The summed E-state index contributed by atoms with van der Waals surface area (Å²) in [5, 5.41) is 0.646. The molecule has 0 N–H and O–H groups in total. The Labute approximate surface area is 206 Å². The summed E-state index contributed by atoms with van der Waals surface area (Å²) in [5.41, 5.74) is 0.956. The van der Waals surface area contributed by atoms with Gasteiger partial charge in [0.15, 0.2) is 0 Å². The van der Waals surface area contributed by atoms with Gasteiger partial charge in [-0.25, -0.2) is 4.98 Å². The maximum absolute atomic E-state index is 11.5. The Kier molecular flexibility index (Phi) is 9.16. The van der Waals surface area contributed by atoms with Gasteiger partial charge in [-0.05, 0) is 55.7 Å². The second-order valence-corrected chi connectivity index (χ2v) is 9.84. The number of hydrogen-bond acceptors (Lipinski definition) is 6. The molecule has 1 amide bonds. The number of unbranched alkanes of at least 4 members (excludes halogenated alkanes) is 3. The van der Waals surface area contributed by atoms with Crippen molar-refractivity contribution in [3.8, 4) is 16.7 Å². The summed E-state index contributed by atoms with van der Waals surface area (Å²) in [7, 11) is 0. The van der Waals surface area contributed by atoms with E-state index in [9.17, 15) is 4.79 Å². The minimum absolute atomic E-state index is 0.388. The summed E-state index contributed by atoms with van der Waals surface area (Å²) < 4.78 is 13.0. The van der Waals surface area contributed by atoms with E-state index in [0.29, 0.717) is 17.8 Å². The van der Waals surface area contributed by atoms with Gasteiger partial charge in [0.05, 0.1) is 10.2 Å². The monoisotopic (exact) mass is 481 g/mol. The fraction of sp³-hybridized carbons (Fsp3) is 0.481. The SMILES string of the molecule is CCCCCCN(C=O)C1CCN(CCOc2ccc(Oc3nc4ccccc4s3)cc2)CC1. The van der Waals surface area contributed by atoms with Gasteiger partial charge in [0.25, 0.3) is 5.19 Å². The van der Waals surface area contributed by atoms with Crippen LogP contribution in [0, 0.1) is 0 Å². The predicted molar refractivity (Wildman–Crippen MR) is 138 cm³/mol. The number of ether oxygens (including phenoxy) is 2. The molecule has 34 heavy (non-hydrogen) atoms. The third kappa shape index (κ3) is 6.93. The fourth-order valence-electron chi connectivity index (χ4n) is 4.41. The number of likely N-dealkylation sites (tertiary alicyclic amines) is 1. The standard InChI is InChI=1S/C27H35N3O3S/c1-2-3-4-7-16-30(21-31)22-14-17-29(18-15-22)19-20-32-23-10-12-24(13-11-23)33-27-28-25-8-5-6-9-26(25)34-27/h5-6,8-13,21-22H,2-4,7,14-20H2,1H3. The molecule has 0 spiro atoms. The van der Waals surface area contributed by atoms with Crippen LogP contribution in [0.3, 0.4) is 0 Å². The number of rotatable bonds is 13. The molecular formula is C27H35N3O3S. The van der Waals surface area contributed by atoms with Crippen LogP contribution in [-0.2, 0) is 4.79 Å². The quantitative estimate of drug-likeness (QED) is 0.222. The number of aromatic nitrogens is 1. The summed E-state index contributed by atoms with van der Waals surface area (Å²) in [6.07, 6.45) is 7.96. The molecule has 3 aromatic rings. The number of fused-ring (bicyclic) bond motifs is 1. The lowest BCUT2D eigenvalue weighted by atomic mass is 10.0. The van der Waals surface area contributed by atoms with Gasteiger partial charge in [-0.3, -0.25) is 9.69 Å². The molecule has 2 heterocycles. The highest BCUT2D eigenvalue weighted by atomic mass is 32.1. The van der Waals surface area contributed by atoms with Gasteiger partial charge in [-0.1, -0.05) is 49.7 Å². The van der Waals surface area contributed by atoms with Crippen molar-refractivity contribution in [2.45, 2.75) is 51.5 Å². The normalized spacial score (nSPS) is 14.9. The van der Waals surface area contributed by atoms with E-state index in [2.05, 4.69) is 16.8 Å². The van der Waals surface area contributed by atoms with Gasteiger partial charge in [0.1, 0.15) is 18.1 Å². The van der Waals surface area contributed by atoms with Crippen LogP contribution in [0.4, 0.5) is 0 Å². The summed E-state index contributed by atoms with van der Waals surface area (Å²) in [5.74, 6) is 1.59. The maximum atomic E-state index is 11.5. The lowest BCUT2D eigenvalue weighted by Gasteiger charge is -2.36. The number of amides is 1. The molecule has 1 aliphatic rings. The molecule has 0 bridgehead atoms. The van der Waals surface area contributed by atoms with Crippen LogP contribution in [0.1, 0.15) is 45.4 Å². The zero-order valence-electron chi connectivity index (χ0n) is 20.0. The van der Waals surface area contributed by atoms with Crippen LogP contribution in [0.25, 0.3) is 10.2 Å². The molecule has 0 aliphatic carbocycles. The highest BCUT2D eigenvalue weighted by molar-refractivity contribution is 7.20. The van der Waals surface area contributed by atoms with Crippen LogP contribution in [-0.4, -0.2) is 60.0 Å². The van der Waals surface area contributed by atoms with Gasteiger partial charge in [-0.15, -0.1) is 0 Å². The predicted octanol–water partition coefficient (Wildman–Crippen LogP) is 5.97. The number of benzene rings is 2. The average molecular weight is 482 g/mol. The molecular weight excluding hydrogens is 446 g/mol. The number of carbonyl (C=O) groups excluding carboxylic acids is 1. The summed E-state index contributed by atoms with van der Waals surface area (Å²) in [4.78, 5) is 20.5. The first-order chi connectivity index (χ1) is 16.7. The van der Waals surface area contributed by atoms with E-state index in [-0.39, 0.29) is 0 Å². The van der Waals surface area contributed by atoms with Crippen LogP contribution < -0.4 is 9.47 Å². The first-order valence-electron chi connectivity index (χ1n) is 12.4. The van der Waals surface area contributed by atoms with Crippen molar-refractivity contribution in [2.75, 3.05) is 32.8 Å². The molecule has 1 fully saturated rings. The molecule has 0 saturated carbocycles. The Hall–Kier alpha value is -2.64. The molecule has 2 aromatic carbocycles. The van der Waals surface area contributed by atoms with E-state index in [4.69, 9.17) is 9.47 Å². The molecule has 6 nitrogen and oxygen atoms in total. The Morgan fingerprint density at radius 2 is 1.82 bits per heavy atom. The zero-order valence-corrected chi connectivity index (χ0v) is 20.8. The lowest BCUT2D eigenvalue weighted by molar-refractivity contribution is -0.121. The number of para-hydroxylation sites is 1. The number of thiazole rings is 1. The molecule has 1 saturated heterocycles. The van der Waals surface area contributed by atoms with Crippen LogP contribution in [0.5, 0.6) is 16.7 Å². The van der Waals surface area contributed by atoms with Crippen LogP contribution in [0.15, 0.2) is 48.5 Å². The lowest BCUT2D eigenvalue weighted by Crippen LogP contribution is -2.45. The molecule has 0 unspecified atom stereocenters. The van der Waals surface area contributed by atoms with Gasteiger partial charge < -0.3 is 14.4 Å². The number of carbonyl (C=O) groups is 1. The molecule has 1 aromatic heterocycles. The largest absolute Gasteiger partial charge is 0.492 e. The Balaban J connectivity index is 1.15. The van der Waals surface area contributed by atoms with E-state index in [1.807, 2.05) is 53.4 Å². The summed E-state index contributed by atoms with van der Waals surface area (Å²) in [6, 6.07) is 16.1. The van der Waals surface area contributed by atoms with Crippen molar-refractivity contribution in [2.24, 2.45) is 0 Å². The Morgan fingerprint density at radius 1 is 1.06 bits per heavy atom. The Bertz CT molecular complexity index is 982.